The number of fused-ring (bicyclic) bond motifs is 1. The second kappa shape index (κ2) is 4.81. The number of hydrogen-bond acceptors (Lipinski definition) is 3. The predicted molar refractivity (Wildman–Crippen MR) is 79.6 cm³/mol. The zero-order valence-corrected chi connectivity index (χ0v) is 13.2. The zero-order chi connectivity index (χ0) is 15.3. The number of nitrogens with one attached hydrogen (secondary N) is 1. The molecule has 1 N–H and O–H groups in total. The Labute approximate surface area is 125 Å². The number of sulfonamides is 1. The smallest absolute Gasteiger partial charge is 0.251 e. The van der Waals surface area contributed by atoms with E-state index in [0.29, 0.717) is 25.2 Å². The molecule has 21 heavy (non-hydrogen) atoms. The van der Waals surface area contributed by atoms with Crippen LogP contribution in [0.1, 0.15) is 36.2 Å². The average Bonchev–Trinajstić information content (AvgIpc) is 2.80. The first-order valence-corrected chi connectivity index (χ1v) is 8.65. The average molecular weight is 308 g/mol. The summed E-state index contributed by atoms with van der Waals surface area (Å²) in [4.78, 5) is 12.1. The van der Waals surface area contributed by atoms with Crippen LogP contribution in [0.15, 0.2) is 23.1 Å². The van der Waals surface area contributed by atoms with Crippen LogP contribution in [0.2, 0.25) is 0 Å². The van der Waals surface area contributed by atoms with Crippen LogP contribution < -0.4 is 5.32 Å². The summed E-state index contributed by atoms with van der Waals surface area (Å²) in [5.74, 6) is -0.185. The van der Waals surface area contributed by atoms with Gasteiger partial charge in [0.1, 0.15) is 0 Å². The van der Waals surface area contributed by atoms with Gasteiger partial charge in [-0.05, 0) is 36.0 Å². The first kappa shape index (κ1) is 14.5. The first-order valence-electron chi connectivity index (χ1n) is 7.21. The quantitative estimate of drug-likeness (QED) is 0.898. The van der Waals surface area contributed by atoms with E-state index < -0.39 is 10.0 Å². The Morgan fingerprint density at radius 3 is 2.71 bits per heavy atom. The van der Waals surface area contributed by atoms with Crippen molar-refractivity contribution < 1.29 is 13.2 Å². The molecule has 3 rings (SSSR count). The molecule has 6 heteroatoms. The van der Waals surface area contributed by atoms with Crippen LogP contribution in [0.25, 0.3) is 0 Å². The molecule has 0 spiro atoms. The number of hydrogen-bond donors (Lipinski definition) is 1. The number of benzene rings is 1. The molecule has 5 nitrogen and oxygen atoms in total. The van der Waals surface area contributed by atoms with Crippen molar-refractivity contribution in [2.45, 2.75) is 31.6 Å². The zero-order valence-electron chi connectivity index (χ0n) is 12.3. The van der Waals surface area contributed by atoms with Crippen LogP contribution in [0.5, 0.6) is 0 Å². The van der Waals surface area contributed by atoms with Gasteiger partial charge in [0.05, 0.1) is 4.90 Å². The molecule has 0 aromatic heterocycles. The van der Waals surface area contributed by atoms with Gasteiger partial charge in [0, 0.05) is 25.2 Å². The van der Waals surface area contributed by atoms with Crippen LogP contribution in [0, 0.1) is 5.41 Å². The van der Waals surface area contributed by atoms with Gasteiger partial charge in [0.15, 0.2) is 0 Å². The van der Waals surface area contributed by atoms with Gasteiger partial charge >= 0.3 is 0 Å². The third-order valence-electron chi connectivity index (χ3n) is 4.29. The van der Waals surface area contributed by atoms with Crippen LogP contribution in [-0.4, -0.2) is 38.3 Å². The monoisotopic (exact) mass is 308 g/mol. The van der Waals surface area contributed by atoms with Gasteiger partial charge in [0.25, 0.3) is 5.91 Å². The number of rotatable bonds is 2. The van der Waals surface area contributed by atoms with Crippen LogP contribution in [0.3, 0.4) is 0 Å². The van der Waals surface area contributed by atoms with Crippen LogP contribution in [-0.2, 0) is 16.4 Å². The van der Waals surface area contributed by atoms with Gasteiger partial charge in [-0.15, -0.1) is 0 Å². The molecule has 1 fully saturated rings. The van der Waals surface area contributed by atoms with Crippen molar-refractivity contribution in [3.05, 3.63) is 29.3 Å². The Kier molecular flexibility index (Phi) is 3.33. The molecule has 1 saturated heterocycles. The maximum absolute atomic E-state index is 12.7. The van der Waals surface area contributed by atoms with Gasteiger partial charge < -0.3 is 5.32 Å². The van der Waals surface area contributed by atoms with Crippen molar-refractivity contribution >= 4 is 15.9 Å². The lowest BCUT2D eigenvalue weighted by Crippen LogP contribution is -2.33. The van der Waals surface area contributed by atoms with E-state index in [1.807, 2.05) is 0 Å². The molecule has 114 valence electrons. The fraction of sp³-hybridized carbons (Fsp3) is 0.533. The van der Waals surface area contributed by atoms with Crippen LogP contribution >= 0.6 is 0 Å². The molecular weight excluding hydrogens is 288 g/mol. The third kappa shape index (κ3) is 2.58. The van der Waals surface area contributed by atoms with Gasteiger partial charge in [-0.3, -0.25) is 4.79 Å². The molecule has 1 aromatic rings. The summed E-state index contributed by atoms with van der Waals surface area (Å²) in [6.07, 6.45) is 1.61. The minimum atomic E-state index is -3.51. The Morgan fingerprint density at radius 2 is 2.05 bits per heavy atom. The van der Waals surface area contributed by atoms with Crippen LogP contribution in [0.4, 0.5) is 0 Å². The SMILES string of the molecule is CC1(C)CCN(S(=O)(=O)c2ccc3c(c2)C(=O)NCC3)C1. The molecule has 0 unspecified atom stereocenters. The number of amides is 1. The Balaban J connectivity index is 1.97. The predicted octanol–water partition coefficient (Wildman–Crippen LogP) is 1.39. The molecule has 0 saturated carbocycles. The third-order valence-corrected chi connectivity index (χ3v) is 6.13. The summed E-state index contributed by atoms with van der Waals surface area (Å²) < 4.78 is 26.9. The van der Waals surface area contributed by atoms with Gasteiger partial charge in [-0.25, -0.2) is 8.42 Å². The Bertz CT molecular complexity index is 695. The standard InChI is InChI=1S/C15H20N2O3S/c1-15(2)6-8-17(10-15)21(19,20)12-4-3-11-5-7-16-14(18)13(11)9-12/h3-4,9H,5-8,10H2,1-2H3,(H,16,18). The minimum Gasteiger partial charge on any atom is -0.352 e. The van der Waals surface area contributed by atoms with Crippen molar-refractivity contribution in [3.8, 4) is 0 Å². The minimum absolute atomic E-state index is 0.0126. The van der Waals surface area contributed by atoms with E-state index in [9.17, 15) is 13.2 Å². The normalized spacial score (nSPS) is 21.9. The summed E-state index contributed by atoms with van der Waals surface area (Å²) in [7, 11) is -3.51. The molecule has 0 atom stereocenters. The highest BCUT2D eigenvalue weighted by molar-refractivity contribution is 7.89. The molecule has 2 aliphatic heterocycles. The molecule has 1 amide bonds. The van der Waals surface area contributed by atoms with E-state index in [1.165, 1.54) is 10.4 Å². The van der Waals surface area contributed by atoms with E-state index in [2.05, 4.69) is 19.2 Å². The molecule has 1 aromatic carbocycles. The maximum atomic E-state index is 12.7. The summed E-state index contributed by atoms with van der Waals surface area (Å²) in [5, 5.41) is 2.75. The van der Waals surface area contributed by atoms with Crippen molar-refractivity contribution in [1.29, 1.82) is 0 Å². The van der Waals surface area contributed by atoms with Crippen molar-refractivity contribution in [2.24, 2.45) is 5.41 Å². The number of carbonyl (C=O) groups is 1. The summed E-state index contributed by atoms with van der Waals surface area (Å²) >= 11 is 0. The largest absolute Gasteiger partial charge is 0.352 e. The van der Waals surface area contributed by atoms with Gasteiger partial charge in [-0.1, -0.05) is 19.9 Å². The van der Waals surface area contributed by atoms with Gasteiger partial charge in [-0.2, -0.15) is 4.31 Å². The molecule has 0 radical (unpaired) electrons. The van der Waals surface area contributed by atoms with Crippen molar-refractivity contribution in [1.82, 2.24) is 9.62 Å². The van der Waals surface area contributed by atoms with E-state index in [4.69, 9.17) is 0 Å². The highest BCUT2D eigenvalue weighted by Crippen LogP contribution is 2.33. The molecule has 2 heterocycles. The van der Waals surface area contributed by atoms with E-state index in [0.717, 1.165) is 18.4 Å². The highest BCUT2D eigenvalue weighted by Gasteiger charge is 2.37. The number of nitrogens with zero attached hydrogens (tertiary/aromatic N) is 1. The fourth-order valence-corrected chi connectivity index (χ4v) is 4.62. The second-order valence-corrected chi connectivity index (χ2v) is 8.52. The van der Waals surface area contributed by atoms with E-state index in [-0.39, 0.29) is 16.2 Å². The van der Waals surface area contributed by atoms with Gasteiger partial charge in [0.2, 0.25) is 10.0 Å². The summed E-state index contributed by atoms with van der Waals surface area (Å²) in [5.41, 5.74) is 1.42. The summed E-state index contributed by atoms with van der Waals surface area (Å²) in [6, 6.07) is 4.91. The molecular formula is C15H20N2O3S. The summed E-state index contributed by atoms with van der Waals surface area (Å²) in [6.45, 7) is 5.82. The van der Waals surface area contributed by atoms with Crippen molar-refractivity contribution in [3.63, 3.8) is 0 Å². The molecule has 0 bridgehead atoms. The maximum Gasteiger partial charge on any atom is 0.251 e. The topological polar surface area (TPSA) is 66.5 Å². The number of carbonyl (C=O) groups excluding carboxylic acids is 1. The highest BCUT2D eigenvalue weighted by atomic mass is 32.2. The molecule has 0 aliphatic carbocycles. The Morgan fingerprint density at radius 1 is 1.29 bits per heavy atom. The first-order chi connectivity index (χ1) is 9.79. The Hall–Kier alpha value is -1.40. The lowest BCUT2D eigenvalue weighted by Gasteiger charge is -2.21. The van der Waals surface area contributed by atoms with E-state index >= 15 is 0 Å². The van der Waals surface area contributed by atoms with Crippen molar-refractivity contribution in [2.75, 3.05) is 19.6 Å². The lowest BCUT2D eigenvalue weighted by atomic mass is 9.93. The lowest BCUT2D eigenvalue weighted by molar-refractivity contribution is 0.0945. The fourth-order valence-electron chi connectivity index (χ4n) is 2.97. The second-order valence-electron chi connectivity index (χ2n) is 6.58. The van der Waals surface area contributed by atoms with E-state index in [1.54, 1.807) is 12.1 Å². The molecule has 2 aliphatic rings.